The second-order valence-electron chi connectivity index (χ2n) is 7.65. The minimum absolute atomic E-state index is 0.0474. The summed E-state index contributed by atoms with van der Waals surface area (Å²) in [7, 11) is 3.27. The quantitative estimate of drug-likeness (QED) is 0.738. The largest absolute Gasteiger partial charge is 0.497 e. The van der Waals surface area contributed by atoms with E-state index < -0.39 is 0 Å². The average Bonchev–Trinajstić information content (AvgIpc) is 3.05. The van der Waals surface area contributed by atoms with E-state index >= 15 is 0 Å². The number of anilines is 1. The lowest BCUT2D eigenvalue weighted by atomic mass is 10.0. The Bertz CT molecular complexity index is 867. The van der Waals surface area contributed by atoms with Crippen molar-refractivity contribution >= 4 is 17.5 Å². The van der Waals surface area contributed by atoms with E-state index in [-0.39, 0.29) is 24.3 Å². The zero-order valence-electron chi connectivity index (χ0n) is 18.5. The van der Waals surface area contributed by atoms with Crippen molar-refractivity contribution < 1.29 is 19.1 Å². The lowest BCUT2D eigenvalue weighted by molar-refractivity contribution is -0.131. The van der Waals surface area contributed by atoms with Gasteiger partial charge in [-0.05, 0) is 48.4 Å². The SMILES string of the molecule is COc1ccc(C(CC(=O)N2CCCN(c3ccc(OC)cc3)CC2)NC(C)=O)cc1. The van der Waals surface area contributed by atoms with Crippen LogP contribution in [0.3, 0.4) is 0 Å². The molecule has 1 aliphatic heterocycles. The molecule has 1 N–H and O–H groups in total. The van der Waals surface area contributed by atoms with Crippen LogP contribution in [0.2, 0.25) is 0 Å². The van der Waals surface area contributed by atoms with E-state index in [4.69, 9.17) is 9.47 Å². The first-order chi connectivity index (χ1) is 15.0. The summed E-state index contributed by atoms with van der Waals surface area (Å²) in [5.41, 5.74) is 2.02. The van der Waals surface area contributed by atoms with Crippen LogP contribution in [0.5, 0.6) is 11.5 Å². The molecule has 7 nitrogen and oxygen atoms in total. The minimum atomic E-state index is -0.364. The van der Waals surface area contributed by atoms with Gasteiger partial charge in [-0.3, -0.25) is 9.59 Å². The fraction of sp³-hybridized carbons (Fsp3) is 0.417. The summed E-state index contributed by atoms with van der Waals surface area (Å²) in [5, 5.41) is 2.92. The van der Waals surface area contributed by atoms with E-state index in [0.717, 1.165) is 42.3 Å². The van der Waals surface area contributed by atoms with Crippen LogP contribution in [0, 0.1) is 0 Å². The fourth-order valence-electron chi connectivity index (χ4n) is 3.86. The molecule has 31 heavy (non-hydrogen) atoms. The van der Waals surface area contributed by atoms with Gasteiger partial charge in [-0.2, -0.15) is 0 Å². The molecule has 1 saturated heterocycles. The molecule has 0 spiro atoms. The first-order valence-corrected chi connectivity index (χ1v) is 10.6. The topological polar surface area (TPSA) is 71.1 Å². The first kappa shape index (κ1) is 22.5. The maximum atomic E-state index is 13.1. The van der Waals surface area contributed by atoms with Crippen LogP contribution < -0.4 is 19.7 Å². The smallest absolute Gasteiger partial charge is 0.225 e. The Morgan fingerprint density at radius 3 is 2.10 bits per heavy atom. The summed E-state index contributed by atoms with van der Waals surface area (Å²) in [5.74, 6) is 1.46. The van der Waals surface area contributed by atoms with Crippen LogP contribution in [0.15, 0.2) is 48.5 Å². The van der Waals surface area contributed by atoms with Gasteiger partial charge in [-0.1, -0.05) is 12.1 Å². The van der Waals surface area contributed by atoms with Crippen LogP contribution in [-0.4, -0.2) is 57.1 Å². The number of nitrogens with zero attached hydrogens (tertiary/aromatic N) is 2. The van der Waals surface area contributed by atoms with Gasteiger partial charge in [0.2, 0.25) is 11.8 Å². The van der Waals surface area contributed by atoms with Crippen molar-refractivity contribution in [2.45, 2.75) is 25.8 Å². The zero-order valence-corrected chi connectivity index (χ0v) is 18.5. The number of hydrogen-bond donors (Lipinski definition) is 1. The van der Waals surface area contributed by atoms with Crippen LogP contribution in [0.25, 0.3) is 0 Å². The molecule has 2 amide bonds. The van der Waals surface area contributed by atoms with E-state index in [2.05, 4.69) is 10.2 Å². The van der Waals surface area contributed by atoms with E-state index in [1.54, 1.807) is 14.2 Å². The number of amides is 2. The van der Waals surface area contributed by atoms with Gasteiger partial charge in [0.1, 0.15) is 11.5 Å². The summed E-state index contributed by atoms with van der Waals surface area (Å²) in [6.45, 7) is 4.50. The van der Waals surface area contributed by atoms with Gasteiger partial charge in [0, 0.05) is 38.8 Å². The molecule has 0 bridgehead atoms. The van der Waals surface area contributed by atoms with Gasteiger partial charge in [-0.15, -0.1) is 0 Å². The van der Waals surface area contributed by atoms with Crippen molar-refractivity contribution in [1.29, 1.82) is 0 Å². The van der Waals surface area contributed by atoms with Gasteiger partial charge < -0.3 is 24.6 Å². The van der Waals surface area contributed by atoms with Gasteiger partial charge in [0.05, 0.1) is 26.7 Å². The van der Waals surface area contributed by atoms with Crippen LogP contribution in [0.1, 0.15) is 31.4 Å². The molecule has 1 heterocycles. The zero-order chi connectivity index (χ0) is 22.2. The van der Waals surface area contributed by atoms with Gasteiger partial charge >= 0.3 is 0 Å². The highest BCUT2D eigenvalue weighted by atomic mass is 16.5. The van der Waals surface area contributed by atoms with Crippen molar-refractivity contribution in [1.82, 2.24) is 10.2 Å². The number of nitrogens with one attached hydrogen (secondary N) is 1. The van der Waals surface area contributed by atoms with Crippen LogP contribution >= 0.6 is 0 Å². The molecular weight excluding hydrogens is 394 g/mol. The van der Waals surface area contributed by atoms with Crippen molar-refractivity contribution in [2.24, 2.45) is 0 Å². The highest BCUT2D eigenvalue weighted by Gasteiger charge is 2.24. The third-order valence-electron chi connectivity index (χ3n) is 5.56. The van der Waals surface area contributed by atoms with Crippen LogP contribution in [-0.2, 0) is 9.59 Å². The average molecular weight is 426 g/mol. The standard InChI is InChI=1S/C24H31N3O4/c1-18(28)25-23(19-5-9-21(30-2)10-6-19)17-24(29)27-14-4-13-26(15-16-27)20-7-11-22(31-3)12-8-20/h5-12,23H,4,13-17H2,1-3H3,(H,25,28). The first-order valence-electron chi connectivity index (χ1n) is 10.6. The molecule has 7 heteroatoms. The van der Waals surface area contributed by atoms with Crippen molar-refractivity contribution in [3.63, 3.8) is 0 Å². The molecule has 0 aromatic heterocycles. The predicted molar refractivity (Wildman–Crippen MR) is 121 cm³/mol. The van der Waals surface area contributed by atoms with Gasteiger partial charge in [-0.25, -0.2) is 0 Å². The van der Waals surface area contributed by atoms with Gasteiger partial charge in [0.25, 0.3) is 0 Å². The molecule has 2 aromatic carbocycles. The second-order valence-corrected chi connectivity index (χ2v) is 7.65. The third kappa shape index (κ3) is 6.13. The molecule has 1 aliphatic rings. The molecule has 3 rings (SSSR count). The Balaban J connectivity index is 1.63. The Hall–Kier alpha value is -3.22. The van der Waals surface area contributed by atoms with E-state index in [0.29, 0.717) is 13.1 Å². The number of benzene rings is 2. The number of carbonyl (C=O) groups is 2. The third-order valence-corrected chi connectivity index (χ3v) is 5.56. The molecule has 1 atom stereocenters. The minimum Gasteiger partial charge on any atom is -0.497 e. The van der Waals surface area contributed by atoms with E-state index in [9.17, 15) is 9.59 Å². The summed E-state index contributed by atoms with van der Waals surface area (Å²) in [6.07, 6.45) is 1.12. The number of rotatable bonds is 7. The fourth-order valence-corrected chi connectivity index (χ4v) is 3.86. The molecule has 166 valence electrons. The molecule has 1 fully saturated rings. The monoisotopic (exact) mass is 425 g/mol. The molecule has 0 radical (unpaired) electrons. The maximum Gasteiger partial charge on any atom is 0.225 e. The van der Waals surface area contributed by atoms with Crippen LogP contribution in [0.4, 0.5) is 5.69 Å². The Morgan fingerprint density at radius 2 is 1.52 bits per heavy atom. The molecule has 2 aromatic rings. The number of carbonyl (C=O) groups excluding carboxylic acids is 2. The Labute approximate surface area is 183 Å². The van der Waals surface area contributed by atoms with E-state index in [1.807, 2.05) is 53.4 Å². The van der Waals surface area contributed by atoms with E-state index in [1.165, 1.54) is 6.92 Å². The summed E-state index contributed by atoms with van der Waals surface area (Å²) >= 11 is 0. The lowest BCUT2D eigenvalue weighted by Gasteiger charge is -2.26. The number of ether oxygens (including phenoxy) is 2. The molecular formula is C24H31N3O4. The lowest BCUT2D eigenvalue weighted by Crippen LogP contribution is -2.38. The van der Waals surface area contributed by atoms with Crippen molar-refractivity contribution in [3.05, 3.63) is 54.1 Å². The Kier molecular flexibility index (Phi) is 7.76. The predicted octanol–water partition coefficient (Wildman–Crippen LogP) is 3.01. The van der Waals surface area contributed by atoms with Crippen molar-refractivity contribution in [2.75, 3.05) is 45.3 Å². The highest BCUT2D eigenvalue weighted by Crippen LogP contribution is 2.23. The second kappa shape index (κ2) is 10.7. The summed E-state index contributed by atoms with van der Waals surface area (Å²) in [4.78, 5) is 29.0. The number of hydrogen-bond acceptors (Lipinski definition) is 5. The summed E-state index contributed by atoms with van der Waals surface area (Å²) in [6, 6.07) is 15.1. The normalized spacial score (nSPS) is 15.1. The molecule has 0 aliphatic carbocycles. The maximum absolute atomic E-state index is 13.1. The molecule has 1 unspecified atom stereocenters. The number of methoxy groups -OCH3 is 2. The summed E-state index contributed by atoms with van der Waals surface area (Å²) < 4.78 is 10.4. The highest BCUT2D eigenvalue weighted by molar-refractivity contribution is 5.79. The Morgan fingerprint density at radius 1 is 0.903 bits per heavy atom. The van der Waals surface area contributed by atoms with Crippen molar-refractivity contribution in [3.8, 4) is 11.5 Å². The molecule has 0 saturated carbocycles. The van der Waals surface area contributed by atoms with Gasteiger partial charge in [0.15, 0.2) is 0 Å².